The van der Waals surface area contributed by atoms with E-state index in [0.717, 1.165) is 60.0 Å². The van der Waals surface area contributed by atoms with E-state index < -0.39 is 0 Å². The minimum atomic E-state index is 0.514. The molecule has 0 aliphatic carbocycles. The van der Waals surface area contributed by atoms with Crippen LogP contribution in [0.3, 0.4) is 0 Å². The van der Waals surface area contributed by atoms with Crippen LogP contribution in [0.4, 0.5) is 5.82 Å². The van der Waals surface area contributed by atoms with Crippen LogP contribution < -0.4 is 14.8 Å². The number of aryl methyl sites for hydroxylation is 2. The molecule has 0 bridgehead atoms. The summed E-state index contributed by atoms with van der Waals surface area (Å²) >= 11 is 9.42. The van der Waals surface area contributed by atoms with Gasteiger partial charge in [0.05, 0.1) is 10.8 Å². The minimum Gasteiger partial charge on any atom is -0.486 e. The Balaban J connectivity index is 0.000000163. The van der Waals surface area contributed by atoms with Gasteiger partial charge in [-0.3, -0.25) is 9.97 Å². The number of rotatable bonds is 5. The molecule has 1 N–H and O–H groups in total. The Bertz CT molecular complexity index is 2120. The van der Waals surface area contributed by atoms with E-state index in [4.69, 9.17) is 31.0 Å². The van der Waals surface area contributed by atoms with E-state index in [9.17, 15) is 0 Å². The number of ether oxygens (including phenoxy) is 2. The summed E-state index contributed by atoms with van der Waals surface area (Å²) in [6.45, 7) is 5.91. The van der Waals surface area contributed by atoms with Gasteiger partial charge >= 0.3 is 0 Å². The Labute approximate surface area is 272 Å². The van der Waals surface area contributed by atoms with Crippen LogP contribution in [-0.2, 0) is 6.54 Å². The van der Waals surface area contributed by atoms with E-state index >= 15 is 0 Å². The summed E-state index contributed by atoms with van der Waals surface area (Å²) in [6, 6.07) is 13.6. The lowest BCUT2D eigenvalue weighted by atomic mass is 10.2. The van der Waals surface area contributed by atoms with Crippen molar-refractivity contribution >= 4 is 60.5 Å². The van der Waals surface area contributed by atoms with Crippen LogP contribution in [0.5, 0.6) is 11.5 Å². The van der Waals surface area contributed by atoms with Crippen molar-refractivity contribution in [3.63, 3.8) is 0 Å². The van der Waals surface area contributed by atoms with Gasteiger partial charge in [-0.05, 0) is 77.7 Å². The summed E-state index contributed by atoms with van der Waals surface area (Å²) < 4.78 is 11.3. The molecule has 1 aliphatic heterocycles. The number of nitrogens with zero attached hydrogens (tertiary/aromatic N) is 6. The van der Waals surface area contributed by atoms with E-state index in [2.05, 4.69) is 37.6 Å². The van der Waals surface area contributed by atoms with Gasteiger partial charge in [-0.1, -0.05) is 17.7 Å². The van der Waals surface area contributed by atoms with Crippen molar-refractivity contribution in [3.8, 4) is 34.3 Å². The molecule has 7 heterocycles. The molecule has 8 rings (SSSR count). The first kappa shape index (κ1) is 29.0. The van der Waals surface area contributed by atoms with Crippen molar-refractivity contribution in [3.05, 3.63) is 99.9 Å². The van der Waals surface area contributed by atoms with Crippen molar-refractivity contribution in [1.29, 1.82) is 0 Å². The van der Waals surface area contributed by atoms with E-state index in [0.29, 0.717) is 36.6 Å². The Morgan fingerprint density at radius 3 is 1.96 bits per heavy atom. The molecule has 7 aromatic rings. The van der Waals surface area contributed by atoms with Gasteiger partial charge in [0.2, 0.25) is 0 Å². The quantitative estimate of drug-likeness (QED) is 0.184. The second kappa shape index (κ2) is 12.7. The molecule has 0 saturated carbocycles. The number of thiophene rings is 2. The number of hydrogen-bond acceptors (Lipinski definition) is 11. The summed E-state index contributed by atoms with van der Waals surface area (Å²) in [5.41, 5.74) is 5.27. The fourth-order valence-corrected chi connectivity index (χ4v) is 7.11. The molecule has 1 aliphatic rings. The lowest BCUT2D eigenvalue weighted by molar-refractivity contribution is 0.171. The fourth-order valence-electron chi connectivity index (χ4n) is 4.89. The molecule has 6 aromatic heterocycles. The molecule has 0 atom stereocenters. The van der Waals surface area contributed by atoms with Crippen molar-refractivity contribution in [2.24, 2.45) is 0 Å². The van der Waals surface area contributed by atoms with Crippen molar-refractivity contribution in [1.82, 2.24) is 29.9 Å². The monoisotopic (exact) mass is 651 g/mol. The number of nitrogens with one attached hydrogen (secondary N) is 1. The van der Waals surface area contributed by atoms with Crippen molar-refractivity contribution in [2.75, 3.05) is 18.5 Å². The van der Waals surface area contributed by atoms with Crippen molar-refractivity contribution < 1.29 is 9.47 Å². The average molecular weight is 652 g/mol. The minimum absolute atomic E-state index is 0.514. The van der Waals surface area contributed by atoms with Gasteiger partial charge in [-0.25, -0.2) is 19.9 Å². The molecule has 0 unspecified atom stereocenters. The third-order valence-electron chi connectivity index (χ3n) is 7.13. The molecule has 1 aromatic carbocycles. The molecule has 0 amide bonds. The first-order valence-corrected chi connectivity index (χ1v) is 16.3. The highest BCUT2D eigenvalue weighted by molar-refractivity contribution is 7.17. The van der Waals surface area contributed by atoms with Gasteiger partial charge < -0.3 is 14.8 Å². The average Bonchev–Trinajstić information content (AvgIpc) is 3.66. The first-order valence-electron chi connectivity index (χ1n) is 14.1. The third-order valence-corrected chi connectivity index (χ3v) is 9.39. The Morgan fingerprint density at radius 1 is 0.711 bits per heavy atom. The highest BCUT2D eigenvalue weighted by atomic mass is 35.5. The lowest BCUT2D eigenvalue weighted by Crippen LogP contribution is -2.15. The van der Waals surface area contributed by atoms with Crippen LogP contribution >= 0.6 is 34.3 Å². The SMILES string of the molecule is Cc1csc2nc(-c3ccncc3)nc(Cl)c12.Cc1csc2nc(-c3ccncc3)nc(NCc3ccc4c(c3)OCCO4)c12. The summed E-state index contributed by atoms with van der Waals surface area (Å²) in [5, 5.41) is 10.2. The van der Waals surface area contributed by atoms with Gasteiger partial charge in [0.25, 0.3) is 0 Å². The van der Waals surface area contributed by atoms with E-state index in [-0.39, 0.29) is 0 Å². The van der Waals surface area contributed by atoms with Crippen molar-refractivity contribution in [2.45, 2.75) is 20.4 Å². The second-order valence-corrected chi connectivity index (χ2v) is 12.3. The lowest BCUT2D eigenvalue weighted by Gasteiger charge is -2.19. The predicted molar refractivity (Wildman–Crippen MR) is 181 cm³/mol. The van der Waals surface area contributed by atoms with Gasteiger partial charge in [0.15, 0.2) is 23.1 Å². The van der Waals surface area contributed by atoms with Crippen LogP contribution in [0.25, 0.3) is 43.2 Å². The Hall–Kier alpha value is -4.71. The van der Waals surface area contributed by atoms with Crippen LogP contribution in [0.1, 0.15) is 16.7 Å². The number of fused-ring (bicyclic) bond motifs is 3. The molecule has 224 valence electrons. The first-order chi connectivity index (χ1) is 22.0. The zero-order chi connectivity index (χ0) is 30.8. The molecule has 45 heavy (non-hydrogen) atoms. The maximum atomic E-state index is 6.20. The van der Waals surface area contributed by atoms with Crippen LogP contribution in [0.2, 0.25) is 5.15 Å². The molecule has 9 nitrogen and oxygen atoms in total. The maximum Gasteiger partial charge on any atom is 0.163 e. The van der Waals surface area contributed by atoms with E-state index in [1.54, 1.807) is 47.5 Å². The van der Waals surface area contributed by atoms with Crippen LogP contribution in [0.15, 0.2) is 78.0 Å². The highest BCUT2D eigenvalue weighted by Crippen LogP contribution is 2.34. The molecule has 0 saturated heterocycles. The molecule has 0 radical (unpaired) electrons. The smallest absolute Gasteiger partial charge is 0.163 e. The standard InChI is InChI=1S/C21H18N4O2S.C12H8ClN3S/c1-13-12-28-21-18(13)20(24-19(25-21)15-4-6-22-7-5-15)23-11-14-2-3-16-17(10-14)27-9-8-26-16;1-7-6-17-12-9(7)10(13)15-11(16-12)8-2-4-14-5-3-8/h2-7,10,12H,8-9,11H2,1H3,(H,23,24,25);2-6H,1H3. The molecular weight excluding hydrogens is 626 g/mol. The summed E-state index contributed by atoms with van der Waals surface area (Å²) in [5.74, 6) is 3.77. The summed E-state index contributed by atoms with van der Waals surface area (Å²) in [4.78, 5) is 28.4. The predicted octanol–water partition coefficient (Wildman–Crippen LogP) is 8.16. The number of halogens is 1. The molecule has 0 spiro atoms. The number of pyridine rings is 2. The van der Waals surface area contributed by atoms with Crippen LogP contribution in [0, 0.1) is 13.8 Å². The third kappa shape index (κ3) is 6.15. The zero-order valence-electron chi connectivity index (χ0n) is 24.3. The maximum absolute atomic E-state index is 6.20. The van der Waals surface area contributed by atoms with Crippen LogP contribution in [-0.4, -0.2) is 43.1 Å². The Kier molecular flexibility index (Phi) is 8.21. The summed E-state index contributed by atoms with van der Waals surface area (Å²) in [7, 11) is 0. The number of aromatic nitrogens is 6. The molecule has 12 heteroatoms. The fraction of sp³-hybridized carbons (Fsp3) is 0.152. The normalized spacial score (nSPS) is 12.2. The number of anilines is 1. The Morgan fingerprint density at radius 2 is 1.29 bits per heavy atom. The van der Waals surface area contributed by atoms with E-state index in [1.807, 2.05) is 54.8 Å². The number of benzene rings is 1. The van der Waals surface area contributed by atoms with Gasteiger partial charge in [-0.15, -0.1) is 22.7 Å². The number of hydrogen-bond donors (Lipinski definition) is 1. The second-order valence-electron chi connectivity index (χ2n) is 10.2. The van der Waals surface area contributed by atoms with E-state index in [1.165, 1.54) is 5.56 Å². The van der Waals surface area contributed by atoms with Gasteiger partial charge in [-0.2, -0.15) is 0 Å². The van der Waals surface area contributed by atoms with Gasteiger partial charge in [0.1, 0.15) is 33.8 Å². The van der Waals surface area contributed by atoms with Gasteiger partial charge in [0, 0.05) is 42.5 Å². The highest BCUT2D eigenvalue weighted by Gasteiger charge is 2.15. The topological polar surface area (TPSA) is 108 Å². The molecule has 0 fully saturated rings. The summed E-state index contributed by atoms with van der Waals surface area (Å²) in [6.07, 6.45) is 6.95. The largest absolute Gasteiger partial charge is 0.486 e. The zero-order valence-corrected chi connectivity index (χ0v) is 26.7. The molecular formula is C33H26ClN7O2S2.